The van der Waals surface area contributed by atoms with Crippen LogP contribution in [0.1, 0.15) is 46.4 Å². The summed E-state index contributed by atoms with van der Waals surface area (Å²) in [6, 6.07) is 8.09. The van der Waals surface area contributed by atoms with Crippen LogP contribution in [0.15, 0.2) is 53.5 Å². The molecule has 32 heavy (non-hydrogen) atoms. The Morgan fingerprint density at radius 3 is 2.56 bits per heavy atom. The van der Waals surface area contributed by atoms with Gasteiger partial charge in [-0.25, -0.2) is 13.2 Å². The van der Waals surface area contributed by atoms with Crippen LogP contribution in [-0.4, -0.2) is 38.3 Å². The van der Waals surface area contributed by atoms with Gasteiger partial charge in [-0.05, 0) is 48.2 Å². The summed E-state index contributed by atoms with van der Waals surface area (Å²) >= 11 is 0. The van der Waals surface area contributed by atoms with Gasteiger partial charge in [-0.3, -0.25) is 14.3 Å². The normalized spacial score (nSPS) is 20.7. The molecule has 0 aliphatic carbocycles. The van der Waals surface area contributed by atoms with Gasteiger partial charge in [0.1, 0.15) is 5.82 Å². The van der Waals surface area contributed by atoms with Crippen molar-refractivity contribution in [1.29, 1.82) is 0 Å². The molecule has 1 fully saturated rings. The molecule has 0 bridgehead atoms. The van der Waals surface area contributed by atoms with E-state index in [2.05, 4.69) is 5.10 Å². The average molecular weight is 441 g/mol. The summed E-state index contributed by atoms with van der Waals surface area (Å²) in [6.45, 7) is 0.413. The van der Waals surface area contributed by atoms with E-state index in [9.17, 15) is 27.9 Å². The van der Waals surface area contributed by atoms with Crippen LogP contribution >= 0.6 is 0 Å². The number of benzene rings is 2. The predicted octanol–water partition coefficient (Wildman–Crippen LogP) is 3.36. The standard InChI is InChI=1S/C23H18F3N3O3/c24-14-4-1-3-12(9-14)19(13-6-7-15(25)16(26)10-13)20-17-5-2-8-28(17)23(32)21-22(31)18(30)11-27-29(20)21/h1,3-4,6-7,9-11,17,19-20,31H,2,5,8H2/t17-,19+,20-/m1/s1. The molecular weight excluding hydrogens is 423 g/mol. The highest BCUT2D eigenvalue weighted by Gasteiger charge is 2.48. The molecule has 3 atom stereocenters. The van der Waals surface area contributed by atoms with Gasteiger partial charge in [-0.2, -0.15) is 5.10 Å². The Bertz CT molecular complexity index is 1290. The largest absolute Gasteiger partial charge is 0.502 e. The minimum atomic E-state index is -1.06. The number of amides is 1. The van der Waals surface area contributed by atoms with Gasteiger partial charge in [0.2, 0.25) is 5.43 Å². The highest BCUT2D eigenvalue weighted by molar-refractivity contribution is 5.96. The maximum Gasteiger partial charge on any atom is 0.276 e. The number of fused-ring (bicyclic) bond motifs is 2. The third-order valence-electron chi connectivity index (χ3n) is 6.28. The number of nitrogens with zero attached hydrogens (tertiary/aromatic N) is 3. The van der Waals surface area contributed by atoms with E-state index in [0.717, 1.165) is 18.3 Å². The molecule has 0 unspecified atom stereocenters. The van der Waals surface area contributed by atoms with Gasteiger partial charge >= 0.3 is 0 Å². The van der Waals surface area contributed by atoms with E-state index in [1.165, 1.54) is 28.9 Å². The molecule has 3 heterocycles. The van der Waals surface area contributed by atoms with E-state index in [0.29, 0.717) is 30.5 Å². The number of aromatic nitrogens is 2. The number of halogens is 3. The van der Waals surface area contributed by atoms with Gasteiger partial charge in [-0.1, -0.05) is 18.2 Å². The Labute approximate surface area is 180 Å². The smallest absolute Gasteiger partial charge is 0.276 e. The molecule has 2 aliphatic rings. The van der Waals surface area contributed by atoms with Gasteiger partial charge < -0.3 is 10.0 Å². The minimum Gasteiger partial charge on any atom is -0.502 e. The molecule has 1 aromatic heterocycles. The number of hydrogen-bond donors (Lipinski definition) is 1. The lowest BCUT2D eigenvalue weighted by Gasteiger charge is -2.42. The maximum absolute atomic E-state index is 14.2. The summed E-state index contributed by atoms with van der Waals surface area (Å²) in [7, 11) is 0. The van der Waals surface area contributed by atoms with Crippen molar-refractivity contribution in [1.82, 2.24) is 14.7 Å². The monoisotopic (exact) mass is 441 g/mol. The van der Waals surface area contributed by atoms with Crippen molar-refractivity contribution in [2.24, 2.45) is 0 Å². The zero-order valence-electron chi connectivity index (χ0n) is 16.7. The molecule has 2 aliphatic heterocycles. The van der Waals surface area contributed by atoms with Crippen LogP contribution in [0, 0.1) is 17.5 Å². The molecule has 0 saturated carbocycles. The first-order valence-corrected chi connectivity index (χ1v) is 10.2. The molecule has 3 aromatic rings. The lowest BCUT2D eigenvalue weighted by atomic mass is 9.80. The van der Waals surface area contributed by atoms with E-state index in [4.69, 9.17) is 0 Å². The molecule has 5 rings (SSSR count). The first-order valence-electron chi connectivity index (χ1n) is 10.2. The van der Waals surface area contributed by atoms with Crippen molar-refractivity contribution < 1.29 is 23.1 Å². The fourth-order valence-corrected chi connectivity index (χ4v) is 4.94. The van der Waals surface area contributed by atoms with Crippen molar-refractivity contribution in [2.75, 3.05) is 6.54 Å². The van der Waals surface area contributed by atoms with Crippen LogP contribution in [0.25, 0.3) is 0 Å². The van der Waals surface area contributed by atoms with E-state index >= 15 is 0 Å². The predicted molar refractivity (Wildman–Crippen MR) is 108 cm³/mol. The Morgan fingerprint density at radius 2 is 1.81 bits per heavy atom. The highest BCUT2D eigenvalue weighted by atomic mass is 19.2. The van der Waals surface area contributed by atoms with Crippen LogP contribution < -0.4 is 5.43 Å². The first kappa shape index (κ1) is 20.3. The van der Waals surface area contributed by atoms with E-state index in [-0.39, 0.29) is 5.69 Å². The summed E-state index contributed by atoms with van der Waals surface area (Å²) in [5.41, 5.74) is -0.236. The van der Waals surface area contributed by atoms with Crippen molar-refractivity contribution in [2.45, 2.75) is 30.8 Å². The molecule has 164 valence electrons. The Morgan fingerprint density at radius 1 is 1.03 bits per heavy atom. The summed E-state index contributed by atoms with van der Waals surface area (Å²) in [4.78, 5) is 26.7. The Hall–Kier alpha value is -3.62. The van der Waals surface area contributed by atoms with Crippen LogP contribution in [0.4, 0.5) is 13.2 Å². The molecule has 1 saturated heterocycles. The number of aromatic hydroxyl groups is 1. The second-order valence-electron chi connectivity index (χ2n) is 8.06. The van der Waals surface area contributed by atoms with Gasteiger partial charge in [0.15, 0.2) is 23.1 Å². The van der Waals surface area contributed by atoms with Gasteiger partial charge in [0.25, 0.3) is 5.91 Å². The van der Waals surface area contributed by atoms with Gasteiger partial charge in [-0.15, -0.1) is 0 Å². The average Bonchev–Trinajstić information content (AvgIpc) is 3.25. The van der Waals surface area contributed by atoms with E-state index < -0.39 is 52.5 Å². The van der Waals surface area contributed by atoms with Crippen molar-refractivity contribution in [3.05, 3.63) is 93.2 Å². The topological polar surface area (TPSA) is 75.4 Å². The Kier molecular flexibility index (Phi) is 4.76. The molecule has 2 aromatic carbocycles. The molecule has 0 spiro atoms. The van der Waals surface area contributed by atoms with Crippen LogP contribution in [0.3, 0.4) is 0 Å². The van der Waals surface area contributed by atoms with Crippen LogP contribution in [0.5, 0.6) is 5.75 Å². The Balaban J connectivity index is 1.79. The third kappa shape index (κ3) is 3.07. The lowest BCUT2D eigenvalue weighted by Crippen LogP contribution is -2.50. The van der Waals surface area contributed by atoms with Crippen LogP contribution in [-0.2, 0) is 0 Å². The van der Waals surface area contributed by atoms with Gasteiger partial charge in [0, 0.05) is 12.5 Å². The lowest BCUT2D eigenvalue weighted by molar-refractivity contribution is 0.0565. The van der Waals surface area contributed by atoms with E-state index in [1.807, 2.05) is 0 Å². The molecule has 1 amide bonds. The summed E-state index contributed by atoms with van der Waals surface area (Å²) in [5, 5.41) is 14.5. The number of carbonyl (C=O) groups excluding carboxylic acids is 1. The highest BCUT2D eigenvalue weighted by Crippen LogP contribution is 2.45. The SMILES string of the molecule is O=C1c2c(O)c(=O)cnn2[C@@H]([C@@H](c2cccc(F)c2)c2ccc(F)c(F)c2)[C@H]2CCCN12. The summed E-state index contributed by atoms with van der Waals surface area (Å²) in [5.74, 6) is -4.57. The maximum atomic E-state index is 14.2. The van der Waals surface area contributed by atoms with Crippen LogP contribution in [0.2, 0.25) is 0 Å². The second kappa shape index (κ2) is 7.51. The number of carbonyl (C=O) groups is 1. The molecule has 6 nitrogen and oxygen atoms in total. The zero-order valence-corrected chi connectivity index (χ0v) is 16.7. The number of rotatable bonds is 3. The van der Waals surface area contributed by atoms with Crippen molar-refractivity contribution in [3.8, 4) is 5.75 Å². The van der Waals surface area contributed by atoms with E-state index in [1.54, 1.807) is 11.0 Å². The first-order chi connectivity index (χ1) is 15.4. The van der Waals surface area contributed by atoms with Crippen molar-refractivity contribution in [3.63, 3.8) is 0 Å². The molecule has 9 heteroatoms. The minimum absolute atomic E-state index is 0.260. The summed E-state index contributed by atoms with van der Waals surface area (Å²) < 4.78 is 43.4. The zero-order chi connectivity index (χ0) is 22.6. The second-order valence-corrected chi connectivity index (χ2v) is 8.06. The quantitative estimate of drug-likeness (QED) is 0.677. The molecule has 1 N–H and O–H groups in total. The molecule has 0 radical (unpaired) electrons. The van der Waals surface area contributed by atoms with Gasteiger partial charge in [0.05, 0.1) is 18.3 Å². The fraction of sp³-hybridized carbons (Fsp3) is 0.261. The number of hydrogen-bond acceptors (Lipinski definition) is 4. The fourth-order valence-electron chi connectivity index (χ4n) is 4.94. The van der Waals surface area contributed by atoms with Crippen molar-refractivity contribution >= 4 is 5.91 Å². The molecular formula is C23H18F3N3O3. The third-order valence-corrected chi connectivity index (χ3v) is 6.28. The summed E-state index contributed by atoms with van der Waals surface area (Å²) in [6.07, 6.45) is 2.19.